The summed E-state index contributed by atoms with van der Waals surface area (Å²) in [6.45, 7) is 1.92. The third-order valence-corrected chi connectivity index (χ3v) is 4.57. The Morgan fingerprint density at radius 1 is 1.57 bits per heavy atom. The standard InChI is InChI=1S/C15H18N6OS/c1-9-13(11-4-3-7-23-11)19-20-14(9)18-15(22)10(16)8-12-17-5-6-21(12)2/h3-7,10H,8,16H2,1-2H3,(H2,18,19,20,22). The summed E-state index contributed by atoms with van der Waals surface area (Å²) >= 11 is 1.61. The van der Waals surface area contributed by atoms with Crippen molar-refractivity contribution in [2.24, 2.45) is 12.8 Å². The SMILES string of the molecule is Cc1c(NC(=O)C(N)Cc2nccn2C)n[nH]c1-c1cccs1. The minimum atomic E-state index is -0.683. The molecule has 3 aromatic heterocycles. The third-order valence-electron chi connectivity index (χ3n) is 3.68. The number of H-pyrrole nitrogens is 1. The van der Waals surface area contributed by atoms with E-state index >= 15 is 0 Å². The van der Waals surface area contributed by atoms with Crippen LogP contribution in [0.2, 0.25) is 0 Å². The number of imidazole rings is 1. The number of nitrogens with zero attached hydrogens (tertiary/aromatic N) is 3. The predicted molar refractivity (Wildman–Crippen MR) is 90.2 cm³/mol. The number of hydrogen-bond acceptors (Lipinski definition) is 5. The topological polar surface area (TPSA) is 102 Å². The Morgan fingerprint density at radius 3 is 3.04 bits per heavy atom. The lowest BCUT2D eigenvalue weighted by Crippen LogP contribution is -2.38. The van der Waals surface area contributed by atoms with Crippen LogP contribution in [0.3, 0.4) is 0 Å². The second-order valence-electron chi connectivity index (χ2n) is 5.30. The van der Waals surface area contributed by atoms with E-state index in [2.05, 4.69) is 20.5 Å². The molecule has 3 aromatic rings. The molecule has 8 heteroatoms. The number of carbonyl (C=O) groups is 1. The molecule has 0 aliphatic rings. The Hall–Kier alpha value is -2.45. The summed E-state index contributed by atoms with van der Waals surface area (Å²) in [7, 11) is 1.87. The van der Waals surface area contributed by atoms with Crippen LogP contribution in [-0.4, -0.2) is 31.7 Å². The molecule has 0 radical (unpaired) electrons. The van der Waals surface area contributed by atoms with Crippen LogP contribution in [0, 0.1) is 6.92 Å². The second kappa shape index (κ2) is 6.35. The van der Waals surface area contributed by atoms with Crippen LogP contribution in [0.25, 0.3) is 10.6 Å². The van der Waals surface area contributed by atoms with Gasteiger partial charge in [-0.15, -0.1) is 11.3 Å². The van der Waals surface area contributed by atoms with E-state index in [9.17, 15) is 4.79 Å². The van der Waals surface area contributed by atoms with Crippen LogP contribution in [0.4, 0.5) is 5.82 Å². The zero-order valence-electron chi connectivity index (χ0n) is 12.9. The van der Waals surface area contributed by atoms with Crippen LogP contribution in [0.5, 0.6) is 0 Å². The summed E-state index contributed by atoms with van der Waals surface area (Å²) in [5.74, 6) is 1.000. The number of anilines is 1. The van der Waals surface area contributed by atoms with E-state index < -0.39 is 6.04 Å². The summed E-state index contributed by atoms with van der Waals surface area (Å²) in [6, 6.07) is 3.29. The highest BCUT2D eigenvalue weighted by molar-refractivity contribution is 7.13. The number of aromatic amines is 1. The molecule has 120 valence electrons. The molecular formula is C15H18N6OS. The van der Waals surface area contributed by atoms with Gasteiger partial charge in [0.05, 0.1) is 16.6 Å². The summed E-state index contributed by atoms with van der Waals surface area (Å²) in [5, 5.41) is 11.9. The zero-order chi connectivity index (χ0) is 16.4. The summed E-state index contributed by atoms with van der Waals surface area (Å²) < 4.78 is 1.85. The minimum absolute atomic E-state index is 0.277. The summed E-state index contributed by atoms with van der Waals surface area (Å²) in [4.78, 5) is 17.5. The van der Waals surface area contributed by atoms with Crippen molar-refractivity contribution in [1.29, 1.82) is 0 Å². The number of carbonyl (C=O) groups excluding carboxylic acids is 1. The summed E-state index contributed by atoms with van der Waals surface area (Å²) in [6.07, 6.45) is 3.88. The van der Waals surface area contributed by atoms with Crippen LogP contribution in [0.1, 0.15) is 11.4 Å². The summed E-state index contributed by atoms with van der Waals surface area (Å²) in [5.41, 5.74) is 7.78. The molecule has 1 unspecified atom stereocenters. The Morgan fingerprint density at radius 2 is 2.39 bits per heavy atom. The van der Waals surface area contributed by atoms with Crippen molar-refractivity contribution in [2.45, 2.75) is 19.4 Å². The maximum atomic E-state index is 12.3. The van der Waals surface area contributed by atoms with E-state index in [1.165, 1.54) is 0 Å². The number of nitrogens with one attached hydrogen (secondary N) is 2. The van der Waals surface area contributed by atoms with E-state index in [0.29, 0.717) is 12.2 Å². The van der Waals surface area contributed by atoms with Crippen molar-refractivity contribution in [2.75, 3.05) is 5.32 Å². The van der Waals surface area contributed by atoms with Gasteiger partial charge in [0.2, 0.25) is 5.91 Å². The number of amides is 1. The lowest BCUT2D eigenvalue weighted by molar-refractivity contribution is -0.117. The fourth-order valence-corrected chi connectivity index (χ4v) is 3.05. The first-order valence-electron chi connectivity index (χ1n) is 7.17. The average molecular weight is 330 g/mol. The lowest BCUT2D eigenvalue weighted by Gasteiger charge is -2.11. The van der Waals surface area contributed by atoms with Crippen molar-refractivity contribution in [3.63, 3.8) is 0 Å². The number of rotatable bonds is 5. The molecule has 0 saturated heterocycles. The molecule has 0 spiro atoms. The Kier molecular flexibility index (Phi) is 4.26. The van der Waals surface area contributed by atoms with Crippen LogP contribution >= 0.6 is 11.3 Å². The molecular weight excluding hydrogens is 312 g/mol. The Bertz CT molecular complexity index is 804. The monoisotopic (exact) mass is 330 g/mol. The van der Waals surface area contributed by atoms with Gasteiger partial charge in [-0.05, 0) is 18.4 Å². The van der Waals surface area contributed by atoms with Gasteiger partial charge >= 0.3 is 0 Å². The third kappa shape index (κ3) is 3.17. The molecule has 23 heavy (non-hydrogen) atoms. The van der Waals surface area contributed by atoms with E-state index in [0.717, 1.165) is 22.0 Å². The van der Waals surface area contributed by atoms with Gasteiger partial charge in [-0.2, -0.15) is 5.10 Å². The van der Waals surface area contributed by atoms with Crippen molar-refractivity contribution in [1.82, 2.24) is 19.7 Å². The number of hydrogen-bond donors (Lipinski definition) is 3. The maximum Gasteiger partial charge on any atom is 0.242 e. The van der Waals surface area contributed by atoms with Crippen LogP contribution < -0.4 is 11.1 Å². The molecule has 0 aromatic carbocycles. The van der Waals surface area contributed by atoms with Gasteiger partial charge in [0.25, 0.3) is 0 Å². The van der Waals surface area contributed by atoms with Crippen LogP contribution in [-0.2, 0) is 18.3 Å². The van der Waals surface area contributed by atoms with Crippen molar-refractivity contribution in [3.8, 4) is 10.6 Å². The molecule has 1 amide bonds. The van der Waals surface area contributed by atoms with E-state index in [-0.39, 0.29) is 5.91 Å². The highest BCUT2D eigenvalue weighted by atomic mass is 32.1. The number of thiophene rings is 1. The quantitative estimate of drug-likeness (QED) is 0.662. The van der Waals surface area contributed by atoms with Crippen molar-refractivity contribution >= 4 is 23.1 Å². The maximum absolute atomic E-state index is 12.3. The Balaban J connectivity index is 1.69. The lowest BCUT2D eigenvalue weighted by atomic mass is 10.2. The molecule has 4 N–H and O–H groups in total. The van der Waals surface area contributed by atoms with Crippen molar-refractivity contribution in [3.05, 3.63) is 41.3 Å². The number of nitrogens with two attached hydrogens (primary N) is 1. The average Bonchev–Trinajstić information content (AvgIpc) is 3.24. The molecule has 0 aliphatic carbocycles. The van der Waals surface area contributed by atoms with Gasteiger partial charge in [0.15, 0.2) is 5.82 Å². The van der Waals surface area contributed by atoms with Gasteiger partial charge in [-0.1, -0.05) is 6.07 Å². The minimum Gasteiger partial charge on any atom is -0.338 e. The predicted octanol–water partition coefficient (Wildman–Crippen LogP) is 1.69. The molecule has 0 aliphatic heterocycles. The molecule has 0 fully saturated rings. The first kappa shape index (κ1) is 15.4. The van der Waals surface area contributed by atoms with Gasteiger partial charge in [-0.3, -0.25) is 9.89 Å². The first-order chi connectivity index (χ1) is 11.1. The molecule has 1 atom stereocenters. The fraction of sp³-hybridized carbons (Fsp3) is 0.267. The Labute approximate surface area is 137 Å². The van der Waals surface area contributed by atoms with Gasteiger partial charge in [0, 0.05) is 31.4 Å². The molecule has 0 saturated carbocycles. The van der Waals surface area contributed by atoms with Gasteiger partial charge in [0.1, 0.15) is 5.82 Å². The smallest absolute Gasteiger partial charge is 0.242 e. The van der Waals surface area contributed by atoms with E-state index in [1.807, 2.05) is 42.2 Å². The molecule has 3 heterocycles. The zero-order valence-corrected chi connectivity index (χ0v) is 13.7. The highest BCUT2D eigenvalue weighted by Crippen LogP contribution is 2.29. The number of aryl methyl sites for hydroxylation is 1. The first-order valence-corrected chi connectivity index (χ1v) is 8.05. The largest absolute Gasteiger partial charge is 0.338 e. The fourth-order valence-electron chi connectivity index (χ4n) is 2.27. The van der Waals surface area contributed by atoms with E-state index in [1.54, 1.807) is 17.5 Å². The molecule has 3 rings (SSSR count). The van der Waals surface area contributed by atoms with E-state index in [4.69, 9.17) is 5.73 Å². The van der Waals surface area contributed by atoms with Crippen LogP contribution in [0.15, 0.2) is 29.9 Å². The van der Waals surface area contributed by atoms with Gasteiger partial charge in [-0.25, -0.2) is 4.98 Å². The molecule has 0 bridgehead atoms. The molecule has 7 nitrogen and oxygen atoms in total. The highest BCUT2D eigenvalue weighted by Gasteiger charge is 2.19. The second-order valence-corrected chi connectivity index (χ2v) is 6.25. The number of aromatic nitrogens is 4. The van der Waals surface area contributed by atoms with Gasteiger partial charge < -0.3 is 15.6 Å². The normalized spacial score (nSPS) is 12.3. The van der Waals surface area contributed by atoms with Crippen molar-refractivity contribution < 1.29 is 4.79 Å².